The van der Waals surface area contributed by atoms with Gasteiger partial charge in [-0.15, -0.1) is 0 Å². The molecule has 88 valence electrons. The van der Waals surface area contributed by atoms with Gasteiger partial charge in [-0.05, 0) is 17.7 Å². The first-order chi connectivity index (χ1) is 7.47. The fourth-order valence-electron chi connectivity index (χ4n) is 1.18. The number of aliphatic hydroxyl groups is 1. The minimum Gasteiger partial charge on any atom is -0.506 e. The van der Waals surface area contributed by atoms with Crippen LogP contribution < -0.4 is 5.73 Å². The van der Waals surface area contributed by atoms with Crippen LogP contribution in [-0.2, 0) is 9.53 Å². The van der Waals surface area contributed by atoms with E-state index in [1.165, 1.54) is 25.3 Å². The normalized spacial score (nSPS) is 14.2. The van der Waals surface area contributed by atoms with Crippen molar-refractivity contribution in [1.29, 1.82) is 0 Å². The molecule has 1 aromatic carbocycles. The molecule has 0 heterocycles. The van der Waals surface area contributed by atoms with Gasteiger partial charge in [-0.2, -0.15) is 0 Å². The zero-order chi connectivity index (χ0) is 12.3. The number of hydrogen-bond donors (Lipinski definition) is 3. The fraction of sp³-hybridized carbons (Fsp3) is 0.300. The summed E-state index contributed by atoms with van der Waals surface area (Å²) in [6, 6.07) is 2.88. The SMILES string of the molecule is COC(=O)[C@@H](N)[C@H](O)c1ccc(O)c(Cl)c1. The molecule has 1 rings (SSSR count). The number of hydrogen-bond acceptors (Lipinski definition) is 5. The van der Waals surface area contributed by atoms with Gasteiger partial charge in [-0.1, -0.05) is 17.7 Å². The summed E-state index contributed by atoms with van der Waals surface area (Å²) in [7, 11) is 1.18. The van der Waals surface area contributed by atoms with Crippen molar-refractivity contribution < 1.29 is 19.7 Å². The molecule has 1 aromatic rings. The number of ether oxygens (including phenoxy) is 1. The van der Waals surface area contributed by atoms with Gasteiger partial charge < -0.3 is 20.7 Å². The molecule has 0 saturated carbocycles. The number of carbonyl (C=O) groups is 1. The molecule has 6 heteroatoms. The lowest BCUT2D eigenvalue weighted by Gasteiger charge is -2.17. The predicted octanol–water partition coefficient (Wildman–Crippen LogP) is 0.579. The van der Waals surface area contributed by atoms with E-state index in [0.717, 1.165) is 0 Å². The Bertz CT molecular complexity index is 396. The van der Waals surface area contributed by atoms with Crippen molar-refractivity contribution in [2.24, 2.45) is 5.73 Å². The lowest BCUT2D eigenvalue weighted by Crippen LogP contribution is -2.37. The van der Waals surface area contributed by atoms with Crippen molar-refractivity contribution >= 4 is 17.6 Å². The molecule has 5 nitrogen and oxygen atoms in total. The van der Waals surface area contributed by atoms with E-state index in [9.17, 15) is 15.0 Å². The molecule has 0 aliphatic rings. The van der Waals surface area contributed by atoms with Crippen LogP contribution in [-0.4, -0.2) is 29.3 Å². The van der Waals surface area contributed by atoms with Crippen molar-refractivity contribution in [3.8, 4) is 5.75 Å². The maximum atomic E-state index is 11.1. The van der Waals surface area contributed by atoms with Crippen molar-refractivity contribution in [1.82, 2.24) is 0 Å². The molecule has 0 fully saturated rings. The van der Waals surface area contributed by atoms with E-state index in [-0.39, 0.29) is 10.8 Å². The summed E-state index contributed by atoms with van der Waals surface area (Å²) in [5, 5.41) is 19.0. The first kappa shape index (κ1) is 12.8. The topological polar surface area (TPSA) is 92.8 Å². The monoisotopic (exact) mass is 245 g/mol. The number of phenolic OH excluding ortho intramolecular Hbond substituents is 1. The molecule has 16 heavy (non-hydrogen) atoms. The van der Waals surface area contributed by atoms with Crippen molar-refractivity contribution in [3.05, 3.63) is 28.8 Å². The molecule has 0 radical (unpaired) electrons. The second-order valence-electron chi connectivity index (χ2n) is 3.20. The van der Waals surface area contributed by atoms with Gasteiger partial charge in [0.15, 0.2) is 0 Å². The molecule has 0 unspecified atom stereocenters. The zero-order valence-corrected chi connectivity index (χ0v) is 9.31. The molecule has 0 aliphatic carbocycles. The number of rotatable bonds is 3. The number of nitrogens with two attached hydrogens (primary N) is 1. The van der Waals surface area contributed by atoms with Crippen molar-refractivity contribution in [3.63, 3.8) is 0 Å². The predicted molar refractivity (Wildman–Crippen MR) is 58.1 cm³/mol. The van der Waals surface area contributed by atoms with Gasteiger partial charge in [0, 0.05) is 0 Å². The molecule has 4 N–H and O–H groups in total. The Kier molecular flexibility index (Phi) is 4.12. The Morgan fingerprint density at radius 1 is 1.56 bits per heavy atom. The maximum absolute atomic E-state index is 11.1. The average Bonchev–Trinajstić information content (AvgIpc) is 2.29. The number of aromatic hydroxyl groups is 1. The number of halogens is 1. The van der Waals surface area contributed by atoms with Crippen LogP contribution in [0, 0.1) is 0 Å². The Hall–Kier alpha value is -1.30. The molecule has 0 aromatic heterocycles. The molecule has 0 saturated heterocycles. The first-order valence-electron chi connectivity index (χ1n) is 4.47. The summed E-state index contributed by atoms with van der Waals surface area (Å²) in [4.78, 5) is 11.1. The van der Waals surface area contributed by atoms with E-state index in [2.05, 4.69) is 4.74 Å². The third kappa shape index (κ3) is 2.63. The average molecular weight is 246 g/mol. The van der Waals surface area contributed by atoms with E-state index in [4.69, 9.17) is 17.3 Å². The van der Waals surface area contributed by atoms with Crippen LogP contribution in [0.3, 0.4) is 0 Å². The highest BCUT2D eigenvalue weighted by Crippen LogP contribution is 2.27. The highest BCUT2D eigenvalue weighted by atomic mass is 35.5. The highest BCUT2D eigenvalue weighted by molar-refractivity contribution is 6.32. The summed E-state index contributed by atoms with van der Waals surface area (Å²) in [6.45, 7) is 0. The molecule has 0 bridgehead atoms. The van der Waals surface area contributed by atoms with Crippen molar-refractivity contribution in [2.45, 2.75) is 12.1 Å². The summed E-state index contributed by atoms with van der Waals surface area (Å²) in [6.07, 6.45) is -1.23. The minimum absolute atomic E-state index is 0.0774. The molecule has 2 atom stereocenters. The number of aliphatic hydroxyl groups excluding tert-OH is 1. The van der Waals surface area contributed by atoms with Gasteiger partial charge in [-0.25, -0.2) is 0 Å². The Balaban J connectivity index is 2.91. The van der Waals surface area contributed by atoms with Crippen LogP contribution in [0.4, 0.5) is 0 Å². The Labute approximate surface area is 97.4 Å². The molecule has 0 spiro atoms. The van der Waals surface area contributed by atoms with Gasteiger partial charge in [-0.3, -0.25) is 4.79 Å². The first-order valence-corrected chi connectivity index (χ1v) is 4.85. The standard InChI is InChI=1S/C10H12ClNO4/c1-16-10(15)8(12)9(14)5-2-3-7(13)6(11)4-5/h2-4,8-9,13-14H,12H2,1H3/t8-,9+/m0/s1. The van der Waals surface area contributed by atoms with Crippen LogP contribution in [0.1, 0.15) is 11.7 Å². The largest absolute Gasteiger partial charge is 0.506 e. The van der Waals surface area contributed by atoms with E-state index >= 15 is 0 Å². The number of carbonyl (C=O) groups excluding carboxylic acids is 1. The van der Waals surface area contributed by atoms with Crippen LogP contribution in [0.5, 0.6) is 5.75 Å². The summed E-state index contributed by atoms with van der Waals surface area (Å²) in [5.41, 5.74) is 5.80. The molecule has 0 amide bonds. The fourth-order valence-corrected chi connectivity index (χ4v) is 1.37. The van der Waals surface area contributed by atoms with E-state index in [0.29, 0.717) is 5.56 Å². The second kappa shape index (κ2) is 5.16. The third-order valence-electron chi connectivity index (χ3n) is 2.13. The van der Waals surface area contributed by atoms with Gasteiger partial charge in [0.25, 0.3) is 0 Å². The van der Waals surface area contributed by atoms with Crippen LogP contribution in [0.2, 0.25) is 5.02 Å². The van der Waals surface area contributed by atoms with Crippen molar-refractivity contribution in [2.75, 3.05) is 7.11 Å². The van der Waals surface area contributed by atoms with Gasteiger partial charge in [0.2, 0.25) is 0 Å². The third-order valence-corrected chi connectivity index (χ3v) is 2.43. The van der Waals surface area contributed by atoms with Crippen LogP contribution in [0.15, 0.2) is 18.2 Å². The smallest absolute Gasteiger partial charge is 0.325 e. The lowest BCUT2D eigenvalue weighted by atomic mass is 10.0. The number of methoxy groups -OCH3 is 1. The summed E-state index contributed by atoms with van der Waals surface area (Å²) >= 11 is 5.66. The number of benzene rings is 1. The van der Waals surface area contributed by atoms with E-state index in [1.807, 2.05) is 0 Å². The highest BCUT2D eigenvalue weighted by Gasteiger charge is 2.25. The quantitative estimate of drug-likeness (QED) is 0.678. The lowest BCUT2D eigenvalue weighted by molar-refractivity contribution is -0.145. The Morgan fingerprint density at radius 2 is 2.19 bits per heavy atom. The summed E-state index contributed by atoms with van der Waals surface area (Å²) in [5.74, 6) is -0.832. The second-order valence-corrected chi connectivity index (χ2v) is 3.61. The van der Waals surface area contributed by atoms with E-state index in [1.54, 1.807) is 0 Å². The van der Waals surface area contributed by atoms with E-state index < -0.39 is 18.1 Å². The Morgan fingerprint density at radius 3 is 2.69 bits per heavy atom. The zero-order valence-electron chi connectivity index (χ0n) is 8.55. The number of esters is 1. The molecular weight excluding hydrogens is 234 g/mol. The van der Waals surface area contributed by atoms with Crippen LogP contribution in [0.25, 0.3) is 0 Å². The minimum atomic E-state index is -1.23. The summed E-state index contributed by atoms with van der Waals surface area (Å²) < 4.78 is 4.40. The van der Waals surface area contributed by atoms with Crippen LogP contribution >= 0.6 is 11.6 Å². The van der Waals surface area contributed by atoms with Gasteiger partial charge >= 0.3 is 5.97 Å². The molecule has 0 aliphatic heterocycles. The number of phenols is 1. The van der Waals surface area contributed by atoms with Gasteiger partial charge in [0.05, 0.1) is 12.1 Å². The molecular formula is C10H12ClNO4. The van der Waals surface area contributed by atoms with Gasteiger partial charge in [0.1, 0.15) is 17.9 Å². The maximum Gasteiger partial charge on any atom is 0.325 e.